The molecule has 0 N–H and O–H groups in total. The highest BCUT2D eigenvalue weighted by Gasteiger charge is 2.29. The number of rotatable bonds is 2. The summed E-state index contributed by atoms with van der Waals surface area (Å²) in [6.45, 7) is 3.62. The molecule has 0 aliphatic carbocycles. The predicted octanol–water partition coefficient (Wildman–Crippen LogP) is 3.24. The fourth-order valence-corrected chi connectivity index (χ4v) is 2.31. The Hall–Kier alpha value is -2.62. The minimum absolute atomic E-state index is 0.285. The molecule has 1 aliphatic rings. The van der Waals surface area contributed by atoms with Crippen LogP contribution >= 0.6 is 0 Å². The Bertz CT molecular complexity index is 733. The second kappa shape index (κ2) is 5.05. The third-order valence-corrected chi connectivity index (χ3v) is 3.59. The van der Waals surface area contributed by atoms with Gasteiger partial charge in [0.05, 0.1) is 11.5 Å². The maximum Gasteiger partial charge on any atom is 0.343 e. The van der Waals surface area contributed by atoms with Crippen molar-refractivity contribution in [1.29, 1.82) is 0 Å². The van der Waals surface area contributed by atoms with E-state index in [1.165, 1.54) is 0 Å². The number of carbonyl (C=O) groups is 2. The van der Waals surface area contributed by atoms with Crippen LogP contribution in [-0.4, -0.2) is 11.9 Å². The molecule has 0 amide bonds. The van der Waals surface area contributed by atoms with E-state index in [0.29, 0.717) is 17.1 Å². The summed E-state index contributed by atoms with van der Waals surface area (Å²) in [7, 11) is 0. The Morgan fingerprint density at radius 2 is 1.95 bits per heavy atom. The Morgan fingerprint density at radius 1 is 1.19 bits per heavy atom. The predicted molar refractivity (Wildman–Crippen MR) is 76.6 cm³/mol. The van der Waals surface area contributed by atoms with E-state index >= 15 is 0 Å². The number of aryl methyl sites for hydroxylation is 1. The Labute approximate surface area is 122 Å². The van der Waals surface area contributed by atoms with Crippen LogP contribution in [0.25, 0.3) is 0 Å². The smallest absolute Gasteiger partial charge is 0.343 e. The molecule has 1 unspecified atom stereocenters. The lowest BCUT2D eigenvalue weighted by Gasteiger charge is -2.08. The first-order valence-electron chi connectivity index (χ1n) is 6.69. The Kier molecular flexibility index (Phi) is 3.22. The molecule has 2 aromatic carbocycles. The summed E-state index contributed by atoms with van der Waals surface area (Å²) in [5.74, 6) is -0.0919. The van der Waals surface area contributed by atoms with Crippen molar-refractivity contribution in [2.45, 2.75) is 19.8 Å². The summed E-state index contributed by atoms with van der Waals surface area (Å²) in [6, 6.07) is 12.2. The molecule has 0 fully saturated rings. The normalized spacial score (nSPS) is 16.3. The van der Waals surface area contributed by atoms with E-state index in [0.717, 1.165) is 11.1 Å². The molecule has 1 aliphatic heterocycles. The van der Waals surface area contributed by atoms with Crippen LogP contribution < -0.4 is 9.47 Å². The van der Waals surface area contributed by atoms with Gasteiger partial charge in [0.25, 0.3) is 0 Å². The zero-order valence-electron chi connectivity index (χ0n) is 11.8. The molecule has 1 atom stereocenters. The van der Waals surface area contributed by atoms with E-state index in [1.807, 2.05) is 19.1 Å². The first-order chi connectivity index (χ1) is 10.1. The van der Waals surface area contributed by atoms with Crippen molar-refractivity contribution in [1.82, 2.24) is 0 Å². The molecular weight excluding hydrogens is 268 g/mol. The topological polar surface area (TPSA) is 52.6 Å². The number of hydrogen-bond donors (Lipinski definition) is 0. The van der Waals surface area contributed by atoms with Gasteiger partial charge in [-0.2, -0.15) is 0 Å². The number of fused-ring (bicyclic) bond motifs is 1. The highest BCUT2D eigenvalue weighted by molar-refractivity contribution is 5.92. The van der Waals surface area contributed by atoms with Gasteiger partial charge in [0.15, 0.2) is 0 Å². The van der Waals surface area contributed by atoms with E-state index in [2.05, 4.69) is 0 Å². The Morgan fingerprint density at radius 3 is 2.71 bits per heavy atom. The maximum atomic E-state index is 12.2. The molecule has 0 saturated carbocycles. The van der Waals surface area contributed by atoms with Crippen molar-refractivity contribution < 1.29 is 19.1 Å². The number of carbonyl (C=O) groups excluding carboxylic acids is 2. The van der Waals surface area contributed by atoms with Gasteiger partial charge in [-0.25, -0.2) is 4.79 Å². The standard InChI is InChI=1S/C17H14O4/c1-10-5-3-4-6-13(10)17(19)20-12-7-8-15-14(9-12)11(2)16(18)21-15/h3-9,11H,1-2H3. The van der Waals surface area contributed by atoms with Gasteiger partial charge in [-0.05, 0) is 43.7 Å². The zero-order valence-corrected chi connectivity index (χ0v) is 11.8. The third-order valence-electron chi connectivity index (χ3n) is 3.59. The Balaban J connectivity index is 1.85. The fourth-order valence-electron chi connectivity index (χ4n) is 2.31. The van der Waals surface area contributed by atoms with Gasteiger partial charge in [0.1, 0.15) is 11.5 Å². The molecule has 1 heterocycles. The van der Waals surface area contributed by atoms with Crippen LogP contribution in [-0.2, 0) is 4.79 Å². The van der Waals surface area contributed by atoms with Gasteiger partial charge < -0.3 is 9.47 Å². The minimum Gasteiger partial charge on any atom is -0.426 e. The lowest BCUT2D eigenvalue weighted by Crippen LogP contribution is -2.10. The molecule has 0 saturated heterocycles. The summed E-state index contributed by atoms with van der Waals surface area (Å²) >= 11 is 0. The fraction of sp³-hybridized carbons (Fsp3) is 0.176. The van der Waals surface area contributed by atoms with Gasteiger partial charge in [-0.1, -0.05) is 18.2 Å². The SMILES string of the molecule is Cc1ccccc1C(=O)Oc1ccc2c(c1)C(C)C(=O)O2. The lowest BCUT2D eigenvalue weighted by atomic mass is 10.0. The second-order valence-electron chi connectivity index (χ2n) is 5.05. The molecule has 4 heteroatoms. The first kappa shape index (κ1) is 13.4. The van der Waals surface area contributed by atoms with E-state index in [-0.39, 0.29) is 11.9 Å². The average molecular weight is 282 g/mol. The van der Waals surface area contributed by atoms with Crippen LogP contribution in [0, 0.1) is 6.92 Å². The van der Waals surface area contributed by atoms with Gasteiger partial charge in [0, 0.05) is 5.56 Å². The summed E-state index contributed by atoms with van der Waals surface area (Å²) in [4.78, 5) is 23.7. The van der Waals surface area contributed by atoms with Crippen LogP contribution in [0.15, 0.2) is 42.5 Å². The summed E-state index contributed by atoms with van der Waals surface area (Å²) in [6.07, 6.45) is 0. The van der Waals surface area contributed by atoms with Gasteiger partial charge >= 0.3 is 11.9 Å². The number of benzene rings is 2. The van der Waals surface area contributed by atoms with Crippen molar-refractivity contribution in [3.05, 3.63) is 59.2 Å². The van der Waals surface area contributed by atoms with Crippen molar-refractivity contribution in [3.63, 3.8) is 0 Å². The van der Waals surface area contributed by atoms with Crippen molar-refractivity contribution in [2.75, 3.05) is 0 Å². The largest absolute Gasteiger partial charge is 0.426 e. The van der Waals surface area contributed by atoms with Crippen LogP contribution in [0.2, 0.25) is 0 Å². The van der Waals surface area contributed by atoms with Gasteiger partial charge in [0.2, 0.25) is 0 Å². The van der Waals surface area contributed by atoms with Crippen LogP contribution in [0.3, 0.4) is 0 Å². The molecule has 106 valence electrons. The first-order valence-corrected chi connectivity index (χ1v) is 6.69. The van der Waals surface area contributed by atoms with Crippen molar-refractivity contribution in [2.24, 2.45) is 0 Å². The molecule has 21 heavy (non-hydrogen) atoms. The summed E-state index contributed by atoms with van der Waals surface area (Å²) in [5.41, 5.74) is 2.13. The quantitative estimate of drug-likeness (QED) is 0.627. The monoisotopic (exact) mass is 282 g/mol. The van der Waals surface area contributed by atoms with Gasteiger partial charge in [-0.15, -0.1) is 0 Å². The highest BCUT2D eigenvalue weighted by atomic mass is 16.5. The molecule has 0 radical (unpaired) electrons. The summed E-state index contributed by atoms with van der Waals surface area (Å²) in [5, 5.41) is 0. The number of esters is 2. The number of hydrogen-bond acceptors (Lipinski definition) is 4. The van der Waals surface area contributed by atoms with E-state index in [4.69, 9.17) is 9.47 Å². The van der Waals surface area contributed by atoms with E-state index in [1.54, 1.807) is 37.3 Å². The molecule has 0 bridgehead atoms. The third kappa shape index (κ3) is 2.40. The van der Waals surface area contributed by atoms with E-state index < -0.39 is 5.97 Å². The molecule has 4 nitrogen and oxygen atoms in total. The highest BCUT2D eigenvalue weighted by Crippen LogP contribution is 2.37. The molecule has 0 aromatic heterocycles. The molecule has 2 aromatic rings. The number of ether oxygens (including phenoxy) is 2. The lowest BCUT2D eigenvalue weighted by molar-refractivity contribution is -0.133. The van der Waals surface area contributed by atoms with Crippen molar-refractivity contribution >= 4 is 11.9 Å². The van der Waals surface area contributed by atoms with Crippen LogP contribution in [0.4, 0.5) is 0 Å². The molecule has 3 rings (SSSR count). The summed E-state index contributed by atoms with van der Waals surface area (Å²) < 4.78 is 10.5. The minimum atomic E-state index is -0.411. The zero-order chi connectivity index (χ0) is 15.0. The van der Waals surface area contributed by atoms with Crippen LogP contribution in [0.5, 0.6) is 11.5 Å². The van der Waals surface area contributed by atoms with Crippen molar-refractivity contribution in [3.8, 4) is 11.5 Å². The second-order valence-corrected chi connectivity index (χ2v) is 5.05. The molecule has 0 spiro atoms. The van der Waals surface area contributed by atoms with E-state index in [9.17, 15) is 9.59 Å². The van der Waals surface area contributed by atoms with Crippen LogP contribution in [0.1, 0.15) is 34.3 Å². The van der Waals surface area contributed by atoms with Gasteiger partial charge in [-0.3, -0.25) is 4.79 Å². The maximum absolute atomic E-state index is 12.2. The molecular formula is C17H14O4. The average Bonchev–Trinajstić information content (AvgIpc) is 2.75.